The average molecular weight is 202 g/mol. The Hall–Kier alpha value is -1.56. The smallest absolute Gasteiger partial charge is 0.305 e. The predicted octanol–water partition coefficient (Wildman–Crippen LogP) is 0.834. The van der Waals surface area contributed by atoms with Crippen LogP contribution in [0.2, 0.25) is 0 Å². The summed E-state index contributed by atoms with van der Waals surface area (Å²) in [5, 5.41) is 8.39. The Morgan fingerprint density at radius 3 is 2.79 bits per heavy atom. The Labute approximate surface area is 78.4 Å². The van der Waals surface area contributed by atoms with E-state index >= 15 is 0 Å². The van der Waals surface area contributed by atoms with Gasteiger partial charge >= 0.3 is 5.97 Å². The van der Waals surface area contributed by atoms with Gasteiger partial charge in [-0.05, 0) is 0 Å². The van der Waals surface area contributed by atoms with Gasteiger partial charge in [0.15, 0.2) is 0 Å². The zero-order valence-corrected chi connectivity index (χ0v) is 7.08. The lowest BCUT2D eigenvalue weighted by Gasteiger charge is -2.08. The van der Waals surface area contributed by atoms with Crippen LogP contribution in [0.1, 0.15) is 18.2 Å². The number of aromatic nitrogens is 1. The van der Waals surface area contributed by atoms with E-state index in [0.29, 0.717) is 6.07 Å². The number of hydrogen-bond acceptors (Lipinski definition) is 3. The molecule has 3 N–H and O–H groups in total. The molecule has 0 aliphatic heterocycles. The van der Waals surface area contributed by atoms with E-state index in [1.54, 1.807) is 0 Å². The van der Waals surface area contributed by atoms with Crippen molar-refractivity contribution in [2.24, 2.45) is 5.73 Å². The maximum atomic E-state index is 13.0. The van der Waals surface area contributed by atoms with E-state index in [1.165, 1.54) is 0 Å². The monoisotopic (exact) mass is 202 g/mol. The van der Waals surface area contributed by atoms with Crippen LogP contribution in [-0.4, -0.2) is 16.1 Å². The molecular formula is C8H8F2N2O2. The van der Waals surface area contributed by atoms with Crippen LogP contribution < -0.4 is 5.73 Å². The van der Waals surface area contributed by atoms with Crippen molar-refractivity contribution in [1.29, 1.82) is 0 Å². The van der Waals surface area contributed by atoms with Gasteiger partial charge in [-0.1, -0.05) is 0 Å². The van der Waals surface area contributed by atoms with E-state index in [0.717, 1.165) is 6.20 Å². The fourth-order valence-corrected chi connectivity index (χ4v) is 0.983. The van der Waals surface area contributed by atoms with Crippen molar-refractivity contribution in [1.82, 2.24) is 4.98 Å². The highest BCUT2D eigenvalue weighted by atomic mass is 19.1. The summed E-state index contributed by atoms with van der Waals surface area (Å²) >= 11 is 0. The molecular weight excluding hydrogens is 194 g/mol. The van der Waals surface area contributed by atoms with Crippen molar-refractivity contribution >= 4 is 5.97 Å². The topological polar surface area (TPSA) is 76.2 Å². The van der Waals surface area contributed by atoms with Crippen LogP contribution in [0.4, 0.5) is 8.78 Å². The molecule has 0 aliphatic carbocycles. The minimum Gasteiger partial charge on any atom is -0.481 e. The summed E-state index contributed by atoms with van der Waals surface area (Å²) in [5.41, 5.74) is 5.10. The van der Waals surface area contributed by atoms with Crippen molar-refractivity contribution in [3.8, 4) is 0 Å². The summed E-state index contributed by atoms with van der Waals surface area (Å²) in [4.78, 5) is 13.6. The summed E-state index contributed by atoms with van der Waals surface area (Å²) in [6.45, 7) is 0. The Morgan fingerprint density at radius 1 is 1.64 bits per heavy atom. The maximum Gasteiger partial charge on any atom is 0.305 e. The Kier molecular flexibility index (Phi) is 3.08. The number of halogens is 2. The fourth-order valence-electron chi connectivity index (χ4n) is 0.983. The molecule has 1 aromatic rings. The van der Waals surface area contributed by atoms with Crippen LogP contribution in [0.5, 0.6) is 0 Å². The molecule has 0 unspecified atom stereocenters. The van der Waals surface area contributed by atoms with Crippen LogP contribution in [0.3, 0.4) is 0 Å². The fraction of sp³-hybridized carbons (Fsp3) is 0.250. The van der Waals surface area contributed by atoms with E-state index < -0.39 is 30.1 Å². The molecule has 1 aromatic heterocycles. The molecule has 0 saturated carbocycles. The van der Waals surface area contributed by atoms with Crippen LogP contribution in [0.25, 0.3) is 0 Å². The van der Waals surface area contributed by atoms with E-state index in [9.17, 15) is 13.6 Å². The van der Waals surface area contributed by atoms with Crippen molar-refractivity contribution in [2.45, 2.75) is 12.5 Å². The number of nitrogens with zero attached hydrogens (tertiary/aromatic N) is 1. The summed E-state index contributed by atoms with van der Waals surface area (Å²) in [6.07, 6.45) is 0.343. The Bertz CT molecular complexity index is 357. The van der Waals surface area contributed by atoms with Crippen molar-refractivity contribution in [3.63, 3.8) is 0 Å². The molecule has 0 bridgehead atoms. The van der Waals surface area contributed by atoms with Crippen LogP contribution in [-0.2, 0) is 4.79 Å². The van der Waals surface area contributed by atoms with Gasteiger partial charge in [0, 0.05) is 6.07 Å². The lowest BCUT2D eigenvalue weighted by molar-refractivity contribution is -0.137. The highest BCUT2D eigenvalue weighted by molar-refractivity contribution is 5.67. The molecule has 0 fully saturated rings. The number of carbonyl (C=O) groups is 1. The minimum absolute atomic E-state index is 0.242. The SMILES string of the molecule is N[C@H](CC(=O)O)c1ncc(F)cc1F. The normalized spacial score (nSPS) is 12.5. The Balaban J connectivity index is 2.90. The van der Waals surface area contributed by atoms with Crippen molar-refractivity contribution in [2.75, 3.05) is 0 Å². The number of pyridine rings is 1. The quantitative estimate of drug-likeness (QED) is 0.761. The van der Waals surface area contributed by atoms with E-state index in [2.05, 4.69) is 4.98 Å². The second-order valence-corrected chi connectivity index (χ2v) is 2.72. The molecule has 0 aromatic carbocycles. The largest absolute Gasteiger partial charge is 0.481 e. The van der Waals surface area contributed by atoms with Gasteiger partial charge in [-0.25, -0.2) is 8.78 Å². The summed E-state index contributed by atoms with van der Waals surface area (Å²) in [6, 6.07) is -0.447. The number of carboxylic acid groups (broad SMARTS) is 1. The van der Waals surface area contributed by atoms with Gasteiger partial charge in [-0.3, -0.25) is 9.78 Å². The third-order valence-corrected chi connectivity index (χ3v) is 1.58. The second-order valence-electron chi connectivity index (χ2n) is 2.72. The standard InChI is InChI=1S/C8H8F2N2O2/c9-4-1-5(10)8(12-3-4)6(11)2-7(13)14/h1,3,6H,2,11H2,(H,13,14)/t6-/m1/s1. The molecule has 1 atom stereocenters. The zero-order valence-electron chi connectivity index (χ0n) is 7.08. The third kappa shape index (κ3) is 2.46. The molecule has 14 heavy (non-hydrogen) atoms. The highest BCUT2D eigenvalue weighted by Gasteiger charge is 2.16. The molecule has 4 nitrogen and oxygen atoms in total. The van der Waals surface area contributed by atoms with Gasteiger partial charge in [0.2, 0.25) is 0 Å². The molecule has 0 saturated heterocycles. The number of rotatable bonds is 3. The van der Waals surface area contributed by atoms with Gasteiger partial charge in [0.25, 0.3) is 0 Å². The Morgan fingerprint density at radius 2 is 2.29 bits per heavy atom. The highest BCUT2D eigenvalue weighted by Crippen LogP contribution is 2.15. The average Bonchev–Trinajstić information content (AvgIpc) is 2.01. The van der Waals surface area contributed by atoms with Crippen LogP contribution >= 0.6 is 0 Å². The van der Waals surface area contributed by atoms with Crippen LogP contribution in [0, 0.1) is 11.6 Å². The molecule has 6 heteroatoms. The third-order valence-electron chi connectivity index (χ3n) is 1.58. The first-order chi connectivity index (χ1) is 6.50. The van der Waals surface area contributed by atoms with Gasteiger partial charge in [0.05, 0.1) is 24.4 Å². The molecule has 0 radical (unpaired) electrons. The van der Waals surface area contributed by atoms with Gasteiger partial charge in [-0.2, -0.15) is 0 Å². The summed E-state index contributed by atoms with van der Waals surface area (Å²) in [5.74, 6) is -2.92. The van der Waals surface area contributed by atoms with Crippen molar-refractivity contribution in [3.05, 3.63) is 29.6 Å². The molecule has 76 valence electrons. The molecule has 1 heterocycles. The number of aliphatic carboxylic acids is 1. The van der Waals surface area contributed by atoms with Gasteiger partial charge in [-0.15, -0.1) is 0 Å². The van der Waals surface area contributed by atoms with Gasteiger partial charge in [0.1, 0.15) is 11.6 Å². The number of hydrogen-bond donors (Lipinski definition) is 2. The molecule has 0 aliphatic rings. The van der Waals surface area contributed by atoms with E-state index in [4.69, 9.17) is 10.8 Å². The molecule has 0 amide bonds. The van der Waals surface area contributed by atoms with Crippen molar-refractivity contribution < 1.29 is 18.7 Å². The first kappa shape index (κ1) is 10.5. The molecule has 1 rings (SSSR count). The van der Waals surface area contributed by atoms with Gasteiger partial charge < -0.3 is 10.8 Å². The lowest BCUT2D eigenvalue weighted by Crippen LogP contribution is -2.18. The lowest BCUT2D eigenvalue weighted by atomic mass is 10.1. The zero-order chi connectivity index (χ0) is 10.7. The number of nitrogens with two attached hydrogens (primary N) is 1. The summed E-state index contributed by atoms with van der Waals surface area (Å²) in [7, 11) is 0. The van der Waals surface area contributed by atoms with E-state index in [1.807, 2.05) is 0 Å². The molecule has 0 spiro atoms. The second kappa shape index (κ2) is 4.10. The minimum atomic E-state index is -1.16. The summed E-state index contributed by atoms with van der Waals surface area (Å²) < 4.78 is 25.4. The first-order valence-corrected chi connectivity index (χ1v) is 3.79. The first-order valence-electron chi connectivity index (χ1n) is 3.79. The maximum absolute atomic E-state index is 13.0. The number of carboxylic acids is 1. The predicted molar refractivity (Wildman–Crippen MR) is 43.3 cm³/mol. The van der Waals surface area contributed by atoms with E-state index in [-0.39, 0.29) is 5.69 Å². The van der Waals surface area contributed by atoms with Crippen LogP contribution in [0.15, 0.2) is 12.3 Å².